The summed E-state index contributed by atoms with van der Waals surface area (Å²) in [6.45, 7) is 0. The zero-order chi connectivity index (χ0) is 21.6. The number of ether oxygens (including phenoxy) is 1. The summed E-state index contributed by atoms with van der Waals surface area (Å²) in [5, 5.41) is 11.6. The third-order valence-corrected chi connectivity index (χ3v) is 6.05. The Bertz CT molecular complexity index is 1190. The number of rotatable bonds is 8. The molecule has 0 saturated carbocycles. The molecular weight excluding hydrogens is 406 g/mol. The van der Waals surface area contributed by atoms with E-state index in [9.17, 15) is 4.79 Å². The van der Waals surface area contributed by atoms with Crippen molar-refractivity contribution in [2.75, 3.05) is 5.32 Å². The second-order valence-corrected chi connectivity index (χ2v) is 8.25. The molecule has 1 unspecified atom stereocenters. The molecule has 0 aliphatic heterocycles. The molecule has 1 atom stereocenters. The molecule has 156 valence electrons. The Morgan fingerprint density at radius 2 is 1.71 bits per heavy atom. The number of benzene rings is 3. The molecule has 0 spiro atoms. The largest absolute Gasteiger partial charge is 0.485 e. The fourth-order valence-corrected chi connectivity index (χ4v) is 4.33. The summed E-state index contributed by atoms with van der Waals surface area (Å²) in [6, 6.07) is 27.1. The first-order chi connectivity index (χ1) is 15.1. The molecule has 6 heteroatoms. The van der Waals surface area contributed by atoms with Crippen molar-refractivity contribution in [2.45, 2.75) is 18.9 Å². The predicted molar refractivity (Wildman–Crippen MR) is 127 cm³/mol. The van der Waals surface area contributed by atoms with Crippen LogP contribution in [0.15, 0.2) is 84.9 Å². The lowest BCUT2D eigenvalue weighted by Crippen LogP contribution is -2.15. The molecule has 1 amide bonds. The Morgan fingerprint density at radius 3 is 2.42 bits per heavy atom. The van der Waals surface area contributed by atoms with Crippen LogP contribution in [0.1, 0.15) is 29.4 Å². The Balaban J connectivity index is 1.54. The van der Waals surface area contributed by atoms with Gasteiger partial charge in [0.05, 0.1) is 4.88 Å². The van der Waals surface area contributed by atoms with Crippen LogP contribution in [0.3, 0.4) is 0 Å². The molecule has 31 heavy (non-hydrogen) atoms. The fraction of sp³-hybridized carbons (Fsp3) is 0.120. The summed E-state index contributed by atoms with van der Waals surface area (Å²) in [7, 11) is 0. The minimum Gasteiger partial charge on any atom is -0.485 e. The van der Waals surface area contributed by atoms with Crippen LogP contribution in [0.4, 0.5) is 5.69 Å². The third-order valence-electron chi connectivity index (χ3n) is 4.92. The minimum absolute atomic E-state index is 0.0457. The number of hydrogen-bond acceptors (Lipinski definition) is 4. The Hall–Kier alpha value is -3.64. The van der Waals surface area contributed by atoms with Gasteiger partial charge < -0.3 is 15.8 Å². The second-order valence-electron chi connectivity index (χ2n) is 7.16. The summed E-state index contributed by atoms with van der Waals surface area (Å²) >= 11 is 1.47. The maximum atomic E-state index is 12.5. The highest BCUT2D eigenvalue weighted by molar-refractivity contribution is 7.20. The van der Waals surface area contributed by atoms with Crippen molar-refractivity contribution in [3.63, 3.8) is 0 Å². The van der Waals surface area contributed by atoms with E-state index in [4.69, 9.17) is 15.9 Å². The highest BCUT2D eigenvalue weighted by atomic mass is 32.1. The van der Waals surface area contributed by atoms with Crippen molar-refractivity contribution in [3.05, 3.63) is 95.4 Å². The number of hydrogen-bond donors (Lipinski definition) is 3. The lowest BCUT2D eigenvalue weighted by molar-refractivity contribution is -0.116. The summed E-state index contributed by atoms with van der Waals surface area (Å²) in [5.74, 6) is 0.714. The van der Waals surface area contributed by atoms with Gasteiger partial charge in [-0.3, -0.25) is 10.2 Å². The molecule has 0 aliphatic carbocycles. The molecule has 4 rings (SSSR count). The van der Waals surface area contributed by atoms with E-state index >= 15 is 0 Å². The third kappa shape index (κ3) is 5.10. The molecular formula is C25H23N3O2S. The van der Waals surface area contributed by atoms with Gasteiger partial charge in [0.1, 0.15) is 17.7 Å². The van der Waals surface area contributed by atoms with Gasteiger partial charge in [-0.2, -0.15) is 0 Å². The zero-order valence-corrected chi connectivity index (χ0v) is 17.7. The molecule has 0 bridgehead atoms. The van der Waals surface area contributed by atoms with E-state index in [1.165, 1.54) is 11.3 Å². The number of nitrogens with two attached hydrogens (primary N) is 1. The van der Waals surface area contributed by atoms with Crippen molar-refractivity contribution < 1.29 is 9.53 Å². The lowest BCUT2D eigenvalue weighted by Gasteiger charge is -2.20. The monoisotopic (exact) mass is 429 g/mol. The number of amides is 1. The number of fused-ring (bicyclic) bond motifs is 1. The molecule has 5 nitrogen and oxygen atoms in total. The first-order valence-corrected chi connectivity index (χ1v) is 10.9. The molecule has 3 aromatic carbocycles. The number of nitrogen functional groups attached to an aromatic ring is 1. The molecule has 1 aromatic heterocycles. The van der Waals surface area contributed by atoms with Crippen LogP contribution >= 0.6 is 11.3 Å². The van der Waals surface area contributed by atoms with E-state index in [1.54, 1.807) is 0 Å². The summed E-state index contributed by atoms with van der Waals surface area (Å²) < 4.78 is 7.43. The van der Waals surface area contributed by atoms with Crippen LogP contribution in [-0.2, 0) is 4.79 Å². The van der Waals surface area contributed by atoms with Crippen LogP contribution < -0.4 is 15.8 Å². The van der Waals surface area contributed by atoms with E-state index in [0.717, 1.165) is 27.1 Å². The molecule has 4 N–H and O–H groups in total. The number of anilines is 1. The number of amidine groups is 1. The lowest BCUT2D eigenvalue weighted by atomic mass is 10.0. The van der Waals surface area contributed by atoms with Crippen LogP contribution in [0.5, 0.6) is 5.75 Å². The second kappa shape index (κ2) is 9.45. The molecule has 4 aromatic rings. The van der Waals surface area contributed by atoms with Gasteiger partial charge in [-0.05, 0) is 42.3 Å². The quantitative estimate of drug-likeness (QED) is 0.247. The van der Waals surface area contributed by atoms with Gasteiger partial charge in [0.15, 0.2) is 0 Å². The van der Waals surface area contributed by atoms with Crippen LogP contribution in [0, 0.1) is 5.41 Å². The van der Waals surface area contributed by atoms with Gasteiger partial charge in [-0.25, -0.2) is 0 Å². The van der Waals surface area contributed by atoms with Gasteiger partial charge in [-0.1, -0.05) is 54.6 Å². The van der Waals surface area contributed by atoms with E-state index in [1.807, 2.05) is 84.9 Å². The van der Waals surface area contributed by atoms with Crippen molar-refractivity contribution in [2.24, 2.45) is 5.73 Å². The molecule has 0 radical (unpaired) electrons. The van der Waals surface area contributed by atoms with Crippen molar-refractivity contribution in [1.29, 1.82) is 5.41 Å². The summed E-state index contributed by atoms with van der Waals surface area (Å²) in [6.07, 6.45) is 0.573. The summed E-state index contributed by atoms with van der Waals surface area (Å²) in [4.78, 5) is 13.2. The number of para-hydroxylation sites is 1. The normalized spacial score (nSPS) is 11.7. The maximum Gasteiger partial charge on any atom is 0.224 e. The van der Waals surface area contributed by atoms with Crippen molar-refractivity contribution >= 4 is 38.9 Å². The highest BCUT2D eigenvalue weighted by Crippen LogP contribution is 2.36. The standard InChI is InChI=1S/C25H23N3O2S/c26-25(27)23-16-19-21(12-7-13-22(19)31-23)30-20(17-8-3-1-4-9-17)14-15-24(29)28-18-10-5-2-6-11-18/h1-13,16,20H,14-15H2,(H3,26,27)(H,28,29). The molecule has 0 fully saturated rings. The van der Waals surface area contributed by atoms with Crippen LogP contribution in [0.25, 0.3) is 10.1 Å². The van der Waals surface area contributed by atoms with Gasteiger partial charge in [0.2, 0.25) is 5.91 Å². The molecule has 0 aliphatic rings. The fourth-order valence-electron chi connectivity index (χ4n) is 3.39. The SMILES string of the molecule is N=C(N)c1cc2c(OC(CCC(=O)Nc3ccccc3)c3ccccc3)cccc2s1. The number of nitrogens with one attached hydrogen (secondary N) is 2. The minimum atomic E-state index is -0.283. The first kappa shape index (κ1) is 20.6. The number of carbonyl (C=O) groups is 1. The summed E-state index contributed by atoms with van der Waals surface area (Å²) in [5.41, 5.74) is 7.46. The van der Waals surface area contributed by atoms with E-state index < -0.39 is 0 Å². The average molecular weight is 430 g/mol. The Kier molecular flexibility index (Phi) is 6.29. The van der Waals surface area contributed by atoms with Gasteiger partial charge in [0.25, 0.3) is 0 Å². The first-order valence-electron chi connectivity index (χ1n) is 10.0. The Labute approximate surface area is 185 Å². The molecule has 1 heterocycles. The van der Waals surface area contributed by atoms with E-state index in [2.05, 4.69) is 5.32 Å². The van der Waals surface area contributed by atoms with Gasteiger partial charge in [0, 0.05) is 22.2 Å². The number of carbonyl (C=O) groups excluding carboxylic acids is 1. The topological polar surface area (TPSA) is 88.2 Å². The van der Waals surface area contributed by atoms with E-state index in [-0.39, 0.29) is 17.8 Å². The zero-order valence-electron chi connectivity index (χ0n) is 16.9. The Morgan fingerprint density at radius 1 is 1.00 bits per heavy atom. The van der Waals surface area contributed by atoms with Gasteiger partial charge in [-0.15, -0.1) is 11.3 Å². The van der Waals surface area contributed by atoms with Crippen LogP contribution in [0.2, 0.25) is 0 Å². The average Bonchev–Trinajstić information content (AvgIpc) is 3.24. The predicted octanol–water partition coefficient (Wildman–Crippen LogP) is 5.72. The smallest absolute Gasteiger partial charge is 0.224 e. The highest BCUT2D eigenvalue weighted by Gasteiger charge is 2.18. The van der Waals surface area contributed by atoms with Gasteiger partial charge >= 0.3 is 0 Å². The van der Waals surface area contributed by atoms with Crippen LogP contribution in [-0.4, -0.2) is 11.7 Å². The van der Waals surface area contributed by atoms with Crippen molar-refractivity contribution in [3.8, 4) is 5.75 Å². The number of thiophene rings is 1. The van der Waals surface area contributed by atoms with E-state index in [0.29, 0.717) is 17.7 Å². The molecule has 0 saturated heterocycles. The van der Waals surface area contributed by atoms with Crippen molar-refractivity contribution in [1.82, 2.24) is 0 Å². The maximum absolute atomic E-state index is 12.5.